The summed E-state index contributed by atoms with van der Waals surface area (Å²) >= 11 is 0. The normalized spacial score (nSPS) is 16.7. The van der Waals surface area contributed by atoms with Crippen LogP contribution in [0.15, 0.2) is 30.3 Å². The highest BCUT2D eigenvalue weighted by Crippen LogP contribution is 2.22. The summed E-state index contributed by atoms with van der Waals surface area (Å²) in [5.41, 5.74) is 1.62. The van der Waals surface area contributed by atoms with Gasteiger partial charge in [-0.2, -0.15) is 0 Å². The first-order chi connectivity index (χ1) is 13.6. The van der Waals surface area contributed by atoms with E-state index < -0.39 is 0 Å². The van der Waals surface area contributed by atoms with Gasteiger partial charge >= 0.3 is 0 Å². The summed E-state index contributed by atoms with van der Waals surface area (Å²) in [4.78, 5) is 23.9. The Labute approximate surface area is 167 Å². The summed E-state index contributed by atoms with van der Waals surface area (Å²) in [7, 11) is 1.68. The van der Waals surface area contributed by atoms with Crippen molar-refractivity contribution in [1.29, 1.82) is 0 Å². The van der Waals surface area contributed by atoms with Crippen LogP contribution in [0.2, 0.25) is 0 Å². The minimum atomic E-state index is 0.0184. The maximum atomic E-state index is 13.0. The first kappa shape index (κ1) is 20.1. The second-order valence-electron chi connectivity index (χ2n) is 7.23. The summed E-state index contributed by atoms with van der Waals surface area (Å²) in [6, 6.07) is 10.1. The number of carbonyl (C=O) groups is 1. The van der Waals surface area contributed by atoms with E-state index in [0.717, 1.165) is 43.5 Å². The molecule has 6 nitrogen and oxygen atoms in total. The third-order valence-corrected chi connectivity index (χ3v) is 5.31. The number of benzene rings is 1. The number of methoxy groups -OCH3 is 1. The lowest BCUT2D eigenvalue weighted by atomic mass is 9.99. The molecule has 1 fully saturated rings. The van der Waals surface area contributed by atoms with Gasteiger partial charge in [-0.25, -0.2) is 9.97 Å². The number of para-hydroxylation sites is 1. The second kappa shape index (κ2) is 9.53. The Morgan fingerprint density at radius 3 is 2.89 bits per heavy atom. The van der Waals surface area contributed by atoms with E-state index in [9.17, 15) is 4.79 Å². The number of nitrogens with one attached hydrogen (secondary N) is 1. The third kappa shape index (κ3) is 4.80. The van der Waals surface area contributed by atoms with Crippen LogP contribution in [0.4, 0.5) is 5.82 Å². The average molecular weight is 383 g/mol. The number of ether oxygens (including phenoxy) is 1. The Balaban J connectivity index is 1.68. The van der Waals surface area contributed by atoms with Gasteiger partial charge in [0.2, 0.25) is 0 Å². The van der Waals surface area contributed by atoms with Crippen LogP contribution in [0.3, 0.4) is 0 Å². The number of carbonyl (C=O) groups excluding carboxylic acids is 1. The molecule has 1 atom stereocenters. The van der Waals surface area contributed by atoms with Gasteiger partial charge < -0.3 is 15.0 Å². The van der Waals surface area contributed by atoms with Crippen LogP contribution >= 0.6 is 0 Å². The number of amides is 1. The van der Waals surface area contributed by atoms with Crippen LogP contribution < -0.4 is 10.1 Å². The molecule has 0 spiro atoms. The molecule has 1 amide bonds. The second-order valence-corrected chi connectivity index (χ2v) is 7.23. The molecule has 0 aliphatic carbocycles. The zero-order valence-electron chi connectivity index (χ0n) is 17.1. The Bertz CT molecular complexity index is 809. The molecular formula is C22H30N4O2. The summed E-state index contributed by atoms with van der Waals surface area (Å²) in [6.07, 6.45) is 5.13. The molecule has 3 rings (SSSR count). The molecule has 6 heteroatoms. The van der Waals surface area contributed by atoms with Crippen LogP contribution in [0.5, 0.6) is 5.75 Å². The molecule has 2 aromatic rings. The number of likely N-dealkylation sites (tertiary alicyclic amines) is 1. The van der Waals surface area contributed by atoms with Gasteiger partial charge in [0, 0.05) is 25.2 Å². The van der Waals surface area contributed by atoms with Gasteiger partial charge in [0.25, 0.3) is 5.91 Å². The molecule has 1 aromatic heterocycles. The molecule has 150 valence electrons. The fourth-order valence-corrected chi connectivity index (χ4v) is 3.84. The summed E-state index contributed by atoms with van der Waals surface area (Å²) < 4.78 is 5.40. The Morgan fingerprint density at radius 2 is 2.11 bits per heavy atom. The number of aromatic nitrogens is 2. The van der Waals surface area contributed by atoms with Crippen molar-refractivity contribution in [3.63, 3.8) is 0 Å². The van der Waals surface area contributed by atoms with Crippen molar-refractivity contribution < 1.29 is 9.53 Å². The van der Waals surface area contributed by atoms with Crippen molar-refractivity contribution in [2.24, 2.45) is 0 Å². The first-order valence-electron chi connectivity index (χ1n) is 10.1. The minimum absolute atomic E-state index is 0.0184. The van der Waals surface area contributed by atoms with E-state index >= 15 is 0 Å². The molecule has 1 saturated heterocycles. The van der Waals surface area contributed by atoms with E-state index in [2.05, 4.69) is 28.3 Å². The van der Waals surface area contributed by atoms with Crippen LogP contribution in [0, 0.1) is 6.92 Å². The fraction of sp³-hybridized carbons (Fsp3) is 0.500. The van der Waals surface area contributed by atoms with Crippen molar-refractivity contribution in [3.05, 3.63) is 47.4 Å². The SMILES string of the molecule is CCC1CCCCN1C(=O)c1cc(NCCc2ccccc2OC)nc(C)n1. The van der Waals surface area contributed by atoms with E-state index in [-0.39, 0.29) is 5.91 Å². The summed E-state index contributed by atoms with van der Waals surface area (Å²) in [5, 5.41) is 3.33. The molecule has 1 aliphatic heterocycles. The lowest BCUT2D eigenvalue weighted by Crippen LogP contribution is -2.43. The maximum absolute atomic E-state index is 13.0. The molecular weight excluding hydrogens is 352 g/mol. The third-order valence-electron chi connectivity index (χ3n) is 5.31. The average Bonchev–Trinajstić information content (AvgIpc) is 2.73. The molecule has 1 aliphatic rings. The van der Waals surface area contributed by atoms with Gasteiger partial charge in [-0.1, -0.05) is 25.1 Å². The number of nitrogens with zero attached hydrogens (tertiary/aromatic N) is 3. The highest BCUT2D eigenvalue weighted by Gasteiger charge is 2.27. The Morgan fingerprint density at radius 1 is 1.29 bits per heavy atom. The van der Waals surface area contributed by atoms with Crippen molar-refractivity contribution >= 4 is 11.7 Å². The Hall–Kier alpha value is -2.63. The van der Waals surface area contributed by atoms with E-state index in [1.54, 1.807) is 13.2 Å². The summed E-state index contributed by atoms with van der Waals surface area (Å²) in [5.74, 6) is 2.20. The minimum Gasteiger partial charge on any atom is -0.496 e. The van der Waals surface area contributed by atoms with Crippen LogP contribution in [0.25, 0.3) is 0 Å². The topological polar surface area (TPSA) is 67.4 Å². The number of aryl methyl sites for hydroxylation is 1. The van der Waals surface area contributed by atoms with Crippen molar-refractivity contribution in [2.75, 3.05) is 25.5 Å². The first-order valence-corrected chi connectivity index (χ1v) is 10.1. The lowest BCUT2D eigenvalue weighted by Gasteiger charge is -2.35. The smallest absolute Gasteiger partial charge is 0.272 e. The van der Waals surface area contributed by atoms with Crippen molar-refractivity contribution in [2.45, 2.75) is 52.0 Å². The zero-order valence-corrected chi connectivity index (χ0v) is 17.1. The standard InChI is InChI=1S/C22H30N4O2/c1-4-18-10-7-8-14-26(18)22(27)19-15-21(25-16(2)24-19)23-13-12-17-9-5-6-11-20(17)28-3/h5-6,9,11,15,18H,4,7-8,10,12-14H2,1-3H3,(H,23,24,25). The van der Waals surface area contributed by atoms with Gasteiger partial charge in [-0.15, -0.1) is 0 Å². The number of anilines is 1. The van der Waals surface area contributed by atoms with Gasteiger partial charge in [-0.3, -0.25) is 4.79 Å². The van der Waals surface area contributed by atoms with Gasteiger partial charge in [0.15, 0.2) is 0 Å². The van der Waals surface area contributed by atoms with Crippen molar-refractivity contribution in [3.8, 4) is 5.75 Å². The Kier molecular flexibility index (Phi) is 6.85. The number of rotatable bonds is 7. The number of piperidine rings is 1. The molecule has 0 saturated carbocycles. The molecule has 28 heavy (non-hydrogen) atoms. The van der Waals surface area contributed by atoms with Gasteiger partial charge in [0.1, 0.15) is 23.1 Å². The zero-order chi connectivity index (χ0) is 19.9. The molecule has 2 heterocycles. The van der Waals surface area contributed by atoms with E-state index in [4.69, 9.17) is 4.74 Å². The van der Waals surface area contributed by atoms with E-state index in [1.165, 1.54) is 6.42 Å². The molecule has 1 aromatic carbocycles. The number of hydrogen-bond acceptors (Lipinski definition) is 5. The van der Waals surface area contributed by atoms with Crippen molar-refractivity contribution in [1.82, 2.24) is 14.9 Å². The number of hydrogen-bond donors (Lipinski definition) is 1. The largest absolute Gasteiger partial charge is 0.496 e. The quantitative estimate of drug-likeness (QED) is 0.788. The van der Waals surface area contributed by atoms with Crippen LogP contribution in [-0.2, 0) is 6.42 Å². The van der Waals surface area contributed by atoms with E-state index in [1.807, 2.05) is 30.0 Å². The maximum Gasteiger partial charge on any atom is 0.272 e. The fourth-order valence-electron chi connectivity index (χ4n) is 3.84. The van der Waals surface area contributed by atoms with E-state index in [0.29, 0.717) is 29.9 Å². The highest BCUT2D eigenvalue weighted by molar-refractivity contribution is 5.93. The van der Waals surface area contributed by atoms with Crippen LogP contribution in [-0.4, -0.2) is 47.0 Å². The molecule has 1 unspecified atom stereocenters. The highest BCUT2D eigenvalue weighted by atomic mass is 16.5. The molecule has 0 radical (unpaired) electrons. The monoisotopic (exact) mass is 382 g/mol. The lowest BCUT2D eigenvalue weighted by molar-refractivity contribution is 0.0601. The predicted molar refractivity (Wildman–Crippen MR) is 111 cm³/mol. The van der Waals surface area contributed by atoms with Gasteiger partial charge in [0.05, 0.1) is 7.11 Å². The predicted octanol–water partition coefficient (Wildman–Crippen LogP) is 3.85. The van der Waals surface area contributed by atoms with Crippen LogP contribution in [0.1, 0.15) is 54.5 Å². The molecule has 1 N–H and O–H groups in total. The summed E-state index contributed by atoms with van der Waals surface area (Å²) in [6.45, 7) is 5.49. The van der Waals surface area contributed by atoms with Gasteiger partial charge in [-0.05, 0) is 50.7 Å². The molecule has 0 bridgehead atoms.